The Hall–Kier alpha value is -2.34. The number of rotatable bonds is 7. The third-order valence-electron chi connectivity index (χ3n) is 8.23. The van der Waals surface area contributed by atoms with E-state index >= 15 is 0 Å². The van der Waals surface area contributed by atoms with Crippen molar-refractivity contribution in [3.8, 4) is 0 Å². The maximum Gasteiger partial charge on any atom is 0.416 e. The molecule has 2 aromatic carbocycles. The molecule has 1 amide bonds. The van der Waals surface area contributed by atoms with Crippen LogP contribution in [0.5, 0.6) is 0 Å². The molecule has 1 saturated carbocycles. The summed E-state index contributed by atoms with van der Waals surface area (Å²) in [7, 11) is -4.19. The summed E-state index contributed by atoms with van der Waals surface area (Å²) in [5.41, 5.74) is -0.601. The molecule has 7 nitrogen and oxygen atoms in total. The minimum Gasteiger partial charge on any atom is -0.448 e. The largest absolute Gasteiger partial charge is 0.448 e. The number of hydrogen-bond donors (Lipinski definition) is 0. The summed E-state index contributed by atoms with van der Waals surface area (Å²) in [6.07, 6.45) is -1.26. The first-order valence-electron chi connectivity index (χ1n) is 14.1. The van der Waals surface area contributed by atoms with E-state index in [1.807, 2.05) is 6.92 Å². The van der Waals surface area contributed by atoms with Crippen molar-refractivity contribution in [1.29, 1.82) is 0 Å². The van der Waals surface area contributed by atoms with E-state index in [-0.39, 0.29) is 23.1 Å². The Labute approximate surface area is 244 Å². The van der Waals surface area contributed by atoms with Crippen molar-refractivity contribution in [2.75, 3.05) is 32.8 Å². The van der Waals surface area contributed by atoms with Gasteiger partial charge in [0.2, 0.25) is 10.0 Å². The molecule has 0 unspecified atom stereocenters. The van der Waals surface area contributed by atoms with Gasteiger partial charge in [0.25, 0.3) is 0 Å². The first-order valence-corrected chi connectivity index (χ1v) is 15.9. The third-order valence-corrected chi connectivity index (χ3v) is 10.5. The Bertz CT molecular complexity index is 1340. The van der Waals surface area contributed by atoms with Gasteiger partial charge >= 0.3 is 12.3 Å². The second-order valence-electron chi connectivity index (χ2n) is 11.3. The molecule has 2 aromatic rings. The van der Waals surface area contributed by atoms with Crippen molar-refractivity contribution >= 4 is 27.7 Å². The Kier molecular flexibility index (Phi) is 8.90. The number of nitrogens with zero attached hydrogens (tertiary/aromatic N) is 3. The summed E-state index contributed by atoms with van der Waals surface area (Å²) in [5.74, 6) is 0.755. The van der Waals surface area contributed by atoms with E-state index in [0.29, 0.717) is 30.8 Å². The van der Waals surface area contributed by atoms with Crippen molar-refractivity contribution in [1.82, 2.24) is 14.1 Å². The molecule has 0 bridgehead atoms. The molecule has 224 valence electrons. The van der Waals surface area contributed by atoms with Crippen LogP contribution in [0.3, 0.4) is 0 Å². The van der Waals surface area contributed by atoms with Crippen LogP contribution in [0, 0.1) is 5.92 Å². The van der Waals surface area contributed by atoms with E-state index in [1.165, 1.54) is 53.5 Å². The van der Waals surface area contributed by atoms with Gasteiger partial charge in [-0.2, -0.15) is 17.5 Å². The number of ether oxygens (including phenoxy) is 1. The van der Waals surface area contributed by atoms with Gasteiger partial charge in [-0.1, -0.05) is 23.7 Å². The highest BCUT2D eigenvalue weighted by Crippen LogP contribution is 2.41. The summed E-state index contributed by atoms with van der Waals surface area (Å²) in [5, 5.41) is 0.355. The molecule has 3 atom stereocenters. The Morgan fingerprint density at radius 3 is 2.44 bits per heavy atom. The summed E-state index contributed by atoms with van der Waals surface area (Å²) in [4.78, 5) is 17.2. The lowest BCUT2D eigenvalue weighted by Crippen LogP contribution is -2.55. The van der Waals surface area contributed by atoms with Gasteiger partial charge in [-0.25, -0.2) is 13.2 Å². The van der Waals surface area contributed by atoms with Crippen molar-refractivity contribution in [3.63, 3.8) is 0 Å². The van der Waals surface area contributed by atoms with Gasteiger partial charge in [0.1, 0.15) is 6.61 Å². The molecule has 0 spiro atoms. The smallest absolute Gasteiger partial charge is 0.416 e. The van der Waals surface area contributed by atoms with E-state index in [2.05, 4.69) is 4.90 Å². The number of benzene rings is 2. The van der Waals surface area contributed by atoms with Crippen LogP contribution in [0.25, 0.3) is 0 Å². The van der Waals surface area contributed by atoms with Gasteiger partial charge in [0.05, 0.1) is 22.5 Å². The predicted octanol–water partition coefficient (Wildman–Crippen LogP) is 6.20. The van der Waals surface area contributed by atoms with Crippen LogP contribution in [0.2, 0.25) is 5.02 Å². The maximum absolute atomic E-state index is 14.0. The molecular formula is C29H35ClF3N3O4S. The van der Waals surface area contributed by atoms with Gasteiger partial charge < -0.3 is 9.64 Å². The highest BCUT2D eigenvalue weighted by molar-refractivity contribution is 7.89. The SMILES string of the molecule is C[C@H]1CN(CC2CC2)CCN1C(=O)OC[C@H]1CCC[C@@H](c2cccc(C(F)(F)F)c2)N1S(=O)(=O)c1ccc(Cl)cc1. The lowest BCUT2D eigenvalue weighted by molar-refractivity contribution is -0.137. The highest BCUT2D eigenvalue weighted by atomic mass is 35.5. The van der Waals surface area contributed by atoms with Crippen molar-refractivity contribution < 1.29 is 31.1 Å². The Balaban J connectivity index is 1.37. The number of carbonyl (C=O) groups excluding carboxylic acids is 1. The first kappa shape index (κ1) is 30.1. The molecule has 0 radical (unpaired) electrons. The molecule has 41 heavy (non-hydrogen) atoms. The molecule has 12 heteroatoms. The van der Waals surface area contributed by atoms with Gasteiger partial charge in [-0.05, 0) is 86.9 Å². The third kappa shape index (κ3) is 7.01. The van der Waals surface area contributed by atoms with Crippen LogP contribution in [-0.2, 0) is 20.9 Å². The predicted molar refractivity (Wildman–Crippen MR) is 149 cm³/mol. The van der Waals surface area contributed by atoms with Gasteiger partial charge in [0.15, 0.2) is 0 Å². The minimum absolute atomic E-state index is 0.0301. The van der Waals surface area contributed by atoms with E-state index in [0.717, 1.165) is 37.7 Å². The number of hydrogen-bond acceptors (Lipinski definition) is 5. The molecule has 0 aromatic heterocycles. The Morgan fingerprint density at radius 1 is 1.05 bits per heavy atom. The van der Waals surface area contributed by atoms with Crippen LogP contribution in [-0.4, -0.2) is 73.5 Å². The number of halogens is 4. The number of sulfonamides is 1. The van der Waals surface area contributed by atoms with E-state index in [1.54, 1.807) is 4.90 Å². The molecule has 5 rings (SSSR count). The summed E-state index contributed by atoms with van der Waals surface area (Å²) < 4.78 is 75.6. The summed E-state index contributed by atoms with van der Waals surface area (Å²) >= 11 is 5.99. The van der Waals surface area contributed by atoms with E-state index in [9.17, 15) is 26.4 Å². The van der Waals surface area contributed by atoms with Crippen LogP contribution >= 0.6 is 11.6 Å². The lowest BCUT2D eigenvalue weighted by atomic mass is 9.92. The van der Waals surface area contributed by atoms with Crippen molar-refractivity contribution in [2.45, 2.75) is 68.2 Å². The van der Waals surface area contributed by atoms with Gasteiger partial charge in [-0.3, -0.25) is 4.90 Å². The lowest BCUT2D eigenvalue weighted by Gasteiger charge is -2.42. The van der Waals surface area contributed by atoms with Crippen LogP contribution < -0.4 is 0 Å². The number of piperidine rings is 1. The summed E-state index contributed by atoms with van der Waals surface area (Å²) in [6, 6.07) is 8.78. The second-order valence-corrected chi connectivity index (χ2v) is 13.6. The van der Waals surface area contributed by atoms with E-state index < -0.39 is 39.9 Å². The molecule has 1 aliphatic carbocycles. The van der Waals surface area contributed by atoms with Crippen molar-refractivity contribution in [2.24, 2.45) is 5.92 Å². The fourth-order valence-corrected chi connectivity index (χ4v) is 7.90. The molecule has 2 saturated heterocycles. The summed E-state index contributed by atoms with van der Waals surface area (Å²) in [6.45, 7) is 4.86. The number of alkyl halides is 3. The zero-order valence-electron chi connectivity index (χ0n) is 22.9. The fourth-order valence-electron chi connectivity index (χ4n) is 5.93. The Morgan fingerprint density at radius 2 is 1.78 bits per heavy atom. The van der Waals surface area contributed by atoms with E-state index in [4.69, 9.17) is 16.3 Å². The van der Waals surface area contributed by atoms with Crippen LogP contribution in [0.1, 0.15) is 56.2 Å². The minimum atomic E-state index is -4.57. The van der Waals surface area contributed by atoms with Crippen LogP contribution in [0.15, 0.2) is 53.4 Å². The number of carbonyl (C=O) groups is 1. The van der Waals surface area contributed by atoms with Gasteiger partial charge in [0, 0.05) is 37.2 Å². The second kappa shape index (κ2) is 12.1. The highest BCUT2D eigenvalue weighted by Gasteiger charge is 2.42. The fraction of sp³-hybridized carbons (Fsp3) is 0.552. The topological polar surface area (TPSA) is 70.2 Å². The van der Waals surface area contributed by atoms with Gasteiger partial charge in [-0.15, -0.1) is 0 Å². The standard InChI is InChI=1S/C29H35ClF3N3O4S/c1-20-17-34(18-21-8-9-21)14-15-35(20)28(37)40-19-25-6-3-7-27(22-4-2-5-23(16-22)29(31,32)33)36(25)41(38,39)26-12-10-24(30)11-13-26/h2,4-5,10-13,16,20-21,25,27H,3,6-9,14-15,17-19H2,1H3/t20-,25+,27-/m0/s1. The average molecular weight is 614 g/mol. The molecule has 2 aliphatic heterocycles. The quantitative estimate of drug-likeness (QED) is 0.372. The average Bonchev–Trinajstić information content (AvgIpc) is 3.75. The van der Waals surface area contributed by atoms with Crippen molar-refractivity contribution in [3.05, 3.63) is 64.7 Å². The molecule has 3 aliphatic rings. The number of amides is 1. The molecule has 0 N–H and O–H groups in total. The van der Waals surface area contributed by atoms with Crippen LogP contribution in [0.4, 0.5) is 18.0 Å². The maximum atomic E-state index is 14.0. The molecular weight excluding hydrogens is 579 g/mol. The number of piperazine rings is 1. The zero-order chi connectivity index (χ0) is 29.4. The molecule has 2 heterocycles. The first-order chi connectivity index (χ1) is 19.4. The monoisotopic (exact) mass is 613 g/mol. The normalized spacial score (nSPS) is 24.8. The molecule has 3 fully saturated rings. The zero-order valence-corrected chi connectivity index (χ0v) is 24.5.